The Morgan fingerprint density at radius 3 is 1.39 bits per heavy atom. The van der Waals surface area contributed by atoms with Crippen molar-refractivity contribution in [1.82, 2.24) is 16.0 Å². The van der Waals surface area contributed by atoms with Crippen LogP contribution in [0.2, 0.25) is 0 Å². The molecule has 0 fully saturated rings. The Bertz CT molecular complexity index is 950. The van der Waals surface area contributed by atoms with E-state index >= 15 is 0 Å². The standard InChI is InChI=1S/C36H65N3O12/c1-30(40)28-50-26-24-49-23-21-38-34(43)29-51-27-25-48-22-20-37-32(41)19-18-31(36(46)47)39-33(42)16-14-12-10-8-6-4-2-3-5-7-9-11-13-15-17-35(44)45/h31H,2-29H2,1H3,(H,37,41)(H,38,43)(H,39,42)(H,44,45)(H,46,47)/t31-/m0/s1. The quantitative estimate of drug-likeness (QED) is 0.0577. The van der Waals surface area contributed by atoms with E-state index in [0.29, 0.717) is 32.8 Å². The van der Waals surface area contributed by atoms with Crippen LogP contribution in [0.15, 0.2) is 0 Å². The fraction of sp³-hybridized carbons (Fsp3) is 0.833. The van der Waals surface area contributed by atoms with Gasteiger partial charge in [0.15, 0.2) is 5.78 Å². The van der Waals surface area contributed by atoms with E-state index in [1.54, 1.807) is 0 Å². The summed E-state index contributed by atoms with van der Waals surface area (Å²) in [6.45, 7) is 3.47. The van der Waals surface area contributed by atoms with Gasteiger partial charge < -0.3 is 45.1 Å². The second-order valence-electron chi connectivity index (χ2n) is 12.6. The van der Waals surface area contributed by atoms with Crippen LogP contribution in [0.4, 0.5) is 0 Å². The van der Waals surface area contributed by atoms with Crippen molar-refractivity contribution in [2.45, 2.75) is 129 Å². The first kappa shape index (κ1) is 47.9. The summed E-state index contributed by atoms with van der Waals surface area (Å²) in [6, 6.07) is -1.13. The molecule has 0 aromatic heterocycles. The third-order valence-electron chi connectivity index (χ3n) is 7.76. The molecule has 15 heteroatoms. The maximum Gasteiger partial charge on any atom is 0.326 e. The Morgan fingerprint density at radius 2 is 0.922 bits per heavy atom. The minimum atomic E-state index is -1.18. The molecule has 1 atom stereocenters. The molecule has 0 radical (unpaired) electrons. The molecule has 0 heterocycles. The summed E-state index contributed by atoms with van der Waals surface area (Å²) in [6.07, 6.45) is 15.6. The number of carbonyl (C=O) groups is 6. The molecule has 15 nitrogen and oxygen atoms in total. The first-order valence-corrected chi connectivity index (χ1v) is 18.7. The zero-order valence-electron chi connectivity index (χ0n) is 30.9. The van der Waals surface area contributed by atoms with Crippen LogP contribution < -0.4 is 16.0 Å². The number of hydrogen-bond donors (Lipinski definition) is 5. The largest absolute Gasteiger partial charge is 0.481 e. The van der Waals surface area contributed by atoms with E-state index in [0.717, 1.165) is 38.5 Å². The minimum absolute atomic E-state index is 0.0157. The molecule has 0 aliphatic rings. The number of ketones is 1. The van der Waals surface area contributed by atoms with Gasteiger partial charge in [-0.15, -0.1) is 0 Å². The summed E-state index contributed by atoms with van der Waals surface area (Å²) in [5.74, 6) is -2.91. The van der Waals surface area contributed by atoms with Gasteiger partial charge >= 0.3 is 11.9 Å². The van der Waals surface area contributed by atoms with Crippen molar-refractivity contribution in [3.05, 3.63) is 0 Å². The Balaban J connectivity index is 3.66. The number of hydrogen-bond acceptors (Lipinski definition) is 10. The maximum atomic E-state index is 12.3. The highest BCUT2D eigenvalue weighted by atomic mass is 16.5. The van der Waals surface area contributed by atoms with Gasteiger partial charge in [-0.2, -0.15) is 0 Å². The molecule has 5 N–H and O–H groups in total. The molecule has 0 saturated carbocycles. The van der Waals surface area contributed by atoms with Crippen LogP contribution in [0, 0.1) is 0 Å². The zero-order chi connectivity index (χ0) is 37.8. The van der Waals surface area contributed by atoms with Crippen LogP contribution in [0.1, 0.15) is 122 Å². The summed E-state index contributed by atoms with van der Waals surface area (Å²) < 4.78 is 20.9. The molecule has 0 saturated heterocycles. The molecule has 0 aliphatic heterocycles. The van der Waals surface area contributed by atoms with Crippen molar-refractivity contribution in [2.75, 3.05) is 65.9 Å². The van der Waals surface area contributed by atoms with Crippen LogP contribution >= 0.6 is 0 Å². The van der Waals surface area contributed by atoms with Crippen molar-refractivity contribution in [3.63, 3.8) is 0 Å². The van der Waals surface area contributed by atoms with Gasteiger partial charge in [-0.05, 0) is 26.2 Å². The lowest BCUT2D eigenvalue weighted by Gasteiger charge is -2.14. The van der Waals surface area contributed by atoms with Crippen molar-refractivity contribution in [2.24, 2.45) is 0 Å². The smallest absolute Gasteiger partial charge is 0.326 e. The fourth-order valence-electron chi connectivity index (χ4n) is 4.97. The second-order valence-corrected chi connectivity index (χ2v) is 12.6. The predicted molar refractivity (Wildman–Crippen MR) is 190 cm³/mol. The lowest BCUT2D eigenvalue weighted by molar-refractivity contribution is -0.142. The van der Waals surface area contributed by atoms with E-state index in [1.807, 2.05) is 0 Å². The number of ether oxygens (including phenoxy) is 4. The predicted octanol–water partition coefficient (Wildman–Crippen LogP) is 3.55. The normalized spacial score (nSPS) is 11.5. The molecule has 296 valence electrons. The van der Waals surface area contributed by atoms with Crippen LogP contribution in [0.3, 0.4) is 0 Å². The fourth-order valence-corrected chi connectivity index (χ4v) is 4.97. The van der Waals surface area contributed by atoms with Crippen molar-refractivity contribution >= 4 is 35.4 Å². The molecule has 0 aliphatic carbocycles. The molecule has 0 aromatic rings. The maximum absolute atomic E-state index is 12.3. The van der Waals surface area contributed by atoms with Gasteiger partial charge in [-0.3, -0.25) is 24.0 Å². The van der Waals surface area contributed by atoms with E-state index in [9.17, 15) is 33.9 Å². The highest BCUT2D eigenvalue weighted by Gasteiger charge is 2.20. The van der Waals surface area contributed by atoms with Crippen molar-refractivity contribution < 1.29 is 57.9 Å². The summed E-state index contributed by atoms with van der Waals surface area (Å²) in [5.41, 5.74) is 0. The monoisotopic (exact) mass is 731 g/mol. The first-order chi connectivity index (χ1) is 24.6. The topological polar surface area (TPSA) is 216 Å². The SMILES string of the molecule is CC(=O)COCCOCCNC(=O)COCCOCCNC(=O)CC[C@H](NC(=O)CCCCCCCCCCCCCCCCC(=O)O)C(=O)O. The van der Waals surface area contributed by atoms with Gasteiger partial charge in [0.1, 0.15) is 19.3 Å². The number of amides is 3. The molecule has 3 amide bonds. The van der Waals surface area contributed by atoms with Gasteiger partial charge in [0, 0.05) is 32.4 Å². The number of Topliss-reactive ketones (excluding diaryl/α,β-unsaturated/α-hetero) is 1. The summed E-state index contributed by atoms with van der Waals surface area (Å²) in [7, 11) is 0. The zero-order valence-corrected chi connectivity index (χ0v) is 30.9. The minimum Gasteiger partial charge on any atom is -0.481 e. The number of unbranched alkanes of at least 4 members (excludes halogenated alkanes) is 13. The second kappa shape index (κ2) is 35.3. The van der Waals surface area contributed by atoms with E-state index in [2.05, 4.69) is 16.0 Å². The van der Waals surface area contributed by atoms with Gasteiger partial charge in [0.25, 0.3) is 0 Å². The molecule has 0 spiro atoms. The molecular formula is C36H65N3O12. The van der Waals surface area contributed by atoms with Crippen LogP contribution in [0.5, 0.6) is 0 Å². The average Bonchev–Trinajstić information content (AvgIpc) is 3.08. The highest BCUT2D eigenvalue weighted by molar-refractivity contribution is 5.84. The number of aliphatic carboxylic acids is 2. The average molecular weight is 732 g/mol. The molecule has 51 heavy (non-hydrogen) atoms. The Kier molecular flexibility index (Phi) is 33.1. The Labute approximate surface area is 303 Å². The van der Waals surface area contributed by atoms with Gasteiger partial charge in [0.2, 0.25) is 17.7 Å². The number of nitrogens with one attached hydrogen (secondary N) is 3. The van der Waals surface area contributed by atoms with E-state index < -0.39 is 18.0 Å². The van der Waals surface area contributed by atoms with Crippen LogP contribution in [-0.4, -0.2) is 118 Å². The lowest BCUT2D eigenvalue weighted by atomic mass is 10.0. The van der Waals surface area contributed by atoms with Crippen LogP contribution in [0.25, 0.3) is 0 Å². The number of carbonyl (C=O) groups excluding carboxylic acids is 4. The third kappa shape index (κ3) is 36.5. The summed E-state index contributed by atoms with van der Waals surface area (Å²) in [5, 5.41) is 25.9. The summed E-state index contributed by atoms with van der Waals surface area (Å²) in [4.78, 5) is 68.9. The highest BCUT2D eigenvalue weighted by Crippen LogP contribution is 2.14. The Hall–Kier alpha value is -3.14. The Morgan fingerprint density at radius 1 is 0.490 bits per heavy atom. The number of carboxylic acid groups (broad SMARTS) is 2. The van der Waals surface area contributed by atoms with Gasteiger partial charge in [0.05, 0.1) is 39.6 Å². The molecule has 0 aromatic carbocycles. The van der Waals surface area contributed by atoms with Crippen molar-refractivity contribution in [1.29, 1.82) is 0 Å². The molecule has 0 unspecified atom stereocenters. The van der Waals surface area contributed by atoms with Gasteiger partial charge in [-0.1, -0.05) is 77.0 Å². The van der Waals surface area contributed by atoms with E-state index in [1.165, 1.54) is 51.9 Å². The molecular weight excluding hydrogens is 666 g/mol. The number of rotatable bonds is 38. The van der Waals surface area contributed by atoms with Gasteiger partial charge in [-0.25, -0.2) is 4.79 Å². The van der Waals surface area contributed by atoms with Crippen molar-refractivity contribution in [3.8, 4) is 0 Å². The van der Waals surface area contributed by atoms with E-state index in [4.69, 9.17) is 24.1 Å². The molecule has 0 bridgehead atoms. The van der Waals surface area contributed by atoms with Crippen LogP contribution in [-0.2, 0) is 47.7 Å². The van der Waals surface area contributed by atoms with E-state index in [-0.39, 0.29) is 88.8 Å². The molecule has 0 rings (SSSR count). The number of carboxylic acids is 2. The third-order valence-corrected chi connectivity index (χ3v) is 7.76. The first-order valence-electron chi connectivity index (χ1n) is 18.7. The lowest BCUT2D eigenvalue weighted by Crippen LogP contribution is -2.41. The summed E-state index contributed by atoms with van der Waals surface area (Å²) >= 11 is 0.